The van der Waals surface area contributed by atoms with Crippen LogP contribution >= 0.6 is 0 Å². The number of anilines is 1. The van der Waals surface area contributed by atoms with E-state index in [1.807, 2.05) is 0 Å². The molecule has 0 amide bonds. The summed E-state index contributed by atoms with van der Waals surface area (Å²) in [5.74, 6) is -1.27. The molecule has 0 aliphatic heterocycles. The van der Waals surface area contributed by atoms with Crippen molar-refractivity contribution in [1.29, 1.82) is 0 Å². The predicted molar refractivity (Wildman–Crippen MR) is 65.2 cm³/mol. The number of benzene rings is 2. The molecule has 2 rings (SSSR count). The first-order valence-corrected chi connectivity index (χ1v) is 5.39. The van der Waals surface area contributed by atoms with Crippen molar-refractivity contribution in [2.45, 2.75) is 6.42 Å². The van der Waals surface area contributed by atoms with E-state index in [1.165, 1.54) is 30.3 Å². The first kappa shape index (κ1) is 12.2. The number of nitrogens with two attached hydrogens (primary N) is 1. The minimum absolute atomic E-state index is 0.00852. The molecule has 0 spiro atoms. The average molecular weight is 247 g/mol. The minimum Gasteiger partial charge on any atom is -0.398 e. The van der Waals surface area contributed by atoms with Crippen molar-refractivity contribution in [3.63, 3.8) is 0 Å². The number of ketones is 1. The number of nitrogen functional groups attached to an aromatic ring is 1. The monoisotopic (exact) mass is 247 g/mol. The summed E-state index contributed by atoms with van der Waals surface area (Å²) in [6.07, 6.45) is -0.00852. The van der Waals surface area contributed by atoms with Gasteiger partial charge in [0.05, 0.1) is 0 Å². The molecule has 0 bridgehead atoms. The molecule has 0 fully saturated rings. The van der Waals surface area contributed by atoms with Crippen LogP contribution in [0.3, 0.4) is 0 Å². The van der Waals surface area contributed by atoms with Crippen LogP contribution in [0.5, 0.6) is 0 Å². The Morgan fingerprint density at radius 2 is 1.78 bits per heavy atom. The molecule has 0 aliphatic carbocycles. The number of carbonyl (C=O) groups excluding carboxylic acids is 1. The highest BCUT2D eigenvalue weighted by Gasteiger charge is 2.12. The fourth-order valence-corrected chi connectivity index (χ4v) is 1.70. The van der Waals surface area contributed by atoms with Crippen molar-refractivity contribution < 1.29 is 13.6 Å². The Bertz CT molecular complexity index is 596. The lowest BCUT2D eigenvalue weighted by Gasteiger charge is -2.05. The number of rotatable bonds is 3. The molecule has 0 atom stereocenters. The van der Waals surface area contributed by atoms with E-state index in [1.54, 1.807) is 6.07 Å². The van der Waals surface area contributed by atoms with Crippen molar-refractivity contribution >= 4 is 11.5 Å². The van der Waals surface area contributed by atoms with Gasteiger partial charge in [0.25, 0.3) is 0 Å². The molecular weight excluding hydrogens is 236 g/mol. The Kier molecular flexibility index (Phi) is 3.37. The SMILES string of the molecule is Nc1ccc(F)cc1C(=O)Cc1cccc(F)c1. The van der Waals surface area contributed by atoms with E-state index in [2.05, 4.69) is 0 Å². The number of hydrogen-bond donors (Lipinski definition) is 1. The van der Waals surface area contributed by atoms with E-state index >= 15 is 0 Å². The van der Waals surface area contributed by atoms with Gasteiger partial charge < -0.3 is 5.73 Å². The minimum atomic E-state index is -0.521. The number of carbonyl (C=O) groups is 1. The zero-order valence-electron chi connectivity index (χ0n) is 9.49. The van der Waals surface area contributed by atoms with Crippen LogP contribution in [0.1, 0.15) is 15.9 Å². The summed E-state index contributed by atoms with van der Waals surface area (Å²) in [7, 11) is 0. The van der Waals surface area contributed by atoms with Gasteiger partial charge in [-0.05, 0) is 35.9 Å². The van der Waals surface area contributed by atoms with E-state index in [4.69, 9.17) is 5.73 Å². The standard InChI is InChI=1S/C14H11F2NO/c15-10-3-1-2-9(6-10)7-14(18)12-8-11(16)4-5-13(12)17/h1-6,8H,7,17H2. The summed E-state index contributed by atoms with van der Waals surface area (Å²) in [5, 5.41) is 0. The fraction of sp³-hybridized carbons (Fsp3) is 0.0714. The molecule has 0 aliphatic rings. The number of hydrogen-bond acceptors (Lipinski definition) is 2. The van der Waals surface area contributed by atoms with Crippen LogP contribution in [0.2, 0.25) is 0 Å². The Morgan fingerprint density at radius 1 is 1.06 bits per heavy atom. The highest BCUT2D eigenvalue weighted by atomic mass is 19.1. The van der Waals surface area contributed by atoms with E-state index in [0.717, 1.165) is 6.07 Å². The first-order chi connectivity index (χ1) is 8.56. The third-order valence-corrected chi connectivity index (χ3v) is 2.57. The summed E-state index contributed by atoms with van der Waals surface area (Å²) in [6, 6.07) is 9.35. The van der Waals surface area contributed by atoms with Gasteiger partial charge in [0, 0.05) is 17.7 Å². The van der Waals surface area contributed by atoms with Crippen LogP contribution in [0, 0.1) is 11.6 Å². The molecule has 0 saturated carbocycles. The van der Waals surface area contributed by atoms with Crippen molar-refractivity contribution in [3.05, 3.63) is 65.2 Å². The second kappa shape index (κ2) is 4.96. The van der Waals surface area contributed by atoms with Gasteiger partial charge in [-0.3, -0.25) is 4.79 Å². The van der Waals surface area contributed by atoms with Gasteiger partial charge in [-0.2, -0.15) is 0 Å². The smallest absolute Gasteiger partial charge is 0.169 e. The molecule has 2 nitrogen and oxygen atoms in total. The second-order valence-electron chi connectivity index (χ2n) is 3.96. The van der Waals surface area contributed by atoms with Gasteiger partial charge >= 0.3 is 0 Å². The van der Waals surface area contributed by atoms with Crippen LogP contribution in [0.15, 0.2) is 42.5 Å². The molecule has 0 unspecified atom stereocenters. The fourth-order valence-electron chi connectivity index (χ4n) is 1.70. The Labute approximate surface area is 103 Å². The van der Waals surface area contributed by atoms with E-state index in [-0.39, 0.29) is 23.5 Å². The van der Waals surface area contributed by atoms with Crippen molar-refractivity contribution in [2.75, 3.05) is 5.73 Å². The molecule has 18 heavy (non-hydrogen) atoms. The van der Waals surface area contributed by atoms with Crippen molar-refractivity contribution in [2.24, 2.45) is 0 Å². The zero-order valence-corrected chi connectivity index (χ0v) is 9.49. The molecule has 2 aromatic carbocycles. The lowest BCUT2D eigenvalue weighted by molar-refractivity contribution is 0.0993. The van der Waals surface area contributed by atoms with Crippen LogP contribution in [-0.4, -0.2) is 5.78 Å². The average Bonchev–Trinajstić information content (AvgIpc) is 2.32. The summed E-state index contributed by atoms with van der Waals surface area (Å²) in [5.41, 5.74) is 6.49. The molecule has 2 N–H and O–H groups in total. The normalized spacial score (nSPS) is 10.3. The first-order valence-electron chi connectivity index (χ1n) is 5.39. The lowest BCUT2D eigenvalue weighted by Crippen LogP contribution is -2.07. The van der Waals surface area contributed by atoms with Gasteiger partial charge in [-0.15, -0.1) is 0 Å². The largest absolute Gasteiger partial charge is 0.398 e. The third-order valence-electron chi connectivity index (χ3n) is 2.57. The third kappa shape index (κ3) is 2.71. The second-order valence-corrected chi connectivity index (χ2v) is 3.96. The molecule has 0 heterocycles. The lowest BCUT2D eigenvalue weighted by atomic mass is 10.0. The summed E-state index contributed by atoms with van der Waals surface area (Å²) in [4.78, 5) is 11.9. The Hall–Kier alpha value is -2.23. The van der Waals surface area contributed by atoms with Gasteiger partial charge in [0.2, 0.25) is 0 Å². The molecule has 4 heteroatoms. The highest BCUT2D eigenvalue weighted by Crippen LogP contribution is 2.16. The number of halogens is 2. The van der Waals surface area contributed by atoms with Gasteiger partial charge in [-0.1, -0.05) is 12.1 Å². The Balaban J connectivity index is 2.24. The molecule has 92 valence electrons. The van der Waals surface area contributed by atoms with Gasteiger partial charge in [0.1, 0.15) is 11.6 Å². The van der Waals surface area contributed by atoms with Crippen LogP contribution in [0.25, 0.3) is 0 Å². The van der Waals surface area contributed by atoms with Crippen LogP contribution in [0.4, 0.5) is 14.5 Å². The topological polar surface area (TPSA) is 43.1 Å². The highest BCUT2D eigenvalue weighted by molar-refractivity contribution is 6.01. The van der Waals surface area contributed by atoms with Gasteiger partial charge in [-0.25, -0.2) is 8.78 Å². The van der Waals surface area contributed by atoms with Crippen LogP contribution in [-0.2, 0) is 6.42 Å². The maximum absolute atomic E-state index is 13.0. The Morgan fingerprint density at radius 3 is 2.50 bits per heavy atom. The summed E-state index contributed by atoms with van der Waals surface area (Å²) in [6.45, 7) is 0. The molecule has 0 aromatic heterocycles. The summed E-state index contributed by atoms with van der Waals surface area (Å²) < 4.78 is 26.0. The van der Waals surface area contributed by atoms with E-state index < -0.39 is 11.6 Å². The predicted octanol–water partition coefficient (Wildman–Crippen LogP) is 2.97. The molecular formula is C14H11F2NO. The van der Waals surface area contributed by atoms with E-state index in [9.17, 15) is 13.6 Å². The molecule has 0 saturated heterocycles. The maximum atomic E-state index is 13.0. The summed E-state index contributed by atoms with van der Waals surface area (Å²) >= 11 is 0. The van der Waals surface area contributed by atoms with Crippen molar-refractivity contribution in [3.8, 4) is 0 Å². The van der Waals surface area contributed by atoms with Crippen LogP contribution < -0.4 is 5.73 Å². The van der Waals surface area contributed by atoms with Gasteiger partial charge in [0.15, 0.2) is 5.78 Å². The quantitative estimate of drug-likeness (QED) is 0.669. The van der Waals surface area contributed by atoms with Crippen molar-refractivity contribution in [1.82, 2.24) is 0 Å². The molecule has 0 radical (unpaired) electrons. The maximum Gasteiger partial charge on any atom is 0.169 e. The van der Waals surface area contributed by atoms with E-state index in [0.29, 0.717) is 5.56 Å². The molecule has 2 aromatic rings. The zero-order chi connectivity index (χ0) is 13.1. The number of Topliss-reactive ketones (excluding diaryl/α,β-unsaturated/α-hetero) is 1.